The van der Waals surface area contributed by atoms with Gasteiger partial charge in [-0.15, -0.1) is 24.0 Å². The number of hydrogen-bond acceptors (Lipinski definition) is 3. The highest BCUT2D eigenvalue weighted by atomic mass is 127. The number of halogens is 1. The molecule has 6 nitrogen and oxygen atoms in total. The lowest BCUT2D eigenvalue weighted by atomic mass is 10.2. The third kappa shape index (κ3) is 14.0. The third-order valence-corrected chi connectivity index (χ3v) is 2.53. The van der Waals surface area contributed by atoms with Crippen molar-refractivity contribution in [2.75, 3.05) is 20.1 Å². The van der Waals surface area contributed by atoms with E-state index < -0.39 is 5.60 Å². The fourth-order valence-corrected chi connectivity index (χ4v) is 1.33. The molecule has 7 heteroatoms. The lowest BCUT2D eigenvalue weighted by molar-refractivity contribution is 0.0527. The molecule has 0 fully saturated rings. The number of amides is 1. The van der Waals surface area contributed by atoms with Crippen LogP contribution in [0.2, 0.25) is 0 Å². The lowest BCUT2D eigenvalue weighted by Gasteiger charge is -2.20. The van der Waals surface area contributed by atoms with Gasteiger partial charge in [0.05, 0.1) is 0 Å². The minimum absolute atomic E-state index is 0. The fourth-order valence-electron chi connectivity index (χ4n) is 1.33. The average molecular weight is 414 g/mol. The number of alkyl carbamates (subject to hydrolysis) is 1. The zero-order valence-corrected chi connectivity index (χ0v) is 16.4. The van der Waals surface area contributed by atoms with Crippen LogP contribution >= 0.6 is 24.0 Å². The Hall–Kier alpha value is -0.730. The molecule has 126 valence electrons. The smallest absolute Gasteiger partial charge is 0.407 e. The Kier molecular flexibility index (Phi) is 12.8. The number of nitrogens with one attached hydrogen (secondary N) is 3. The molecule has 3 N–H and O–H groups in total. The monoisotopic (exact) mass is 414 g/mol. The van der Waals surface area contributed by atoms with E-state index in [1.165, 1.54) is 0 Å². The molecule has 1 atom stereocenters. The number of guanidine groups is 1. The highest BCUT2D eigenvalue weighted by Crippen LogP contribution is 2.06. The molecule has 0 saturated carbocycles. The quantitative estimate of drug-likeness (QED) is 0.270. The highest BCUT2D eigenvalue weighted by Gasteiger charge is 2.15. The summed E-state index contributed by atoms with van der Waals surface area (Å²) >= 11 is 0. The van der Waals surface area contributed by atoms with Gasteiger partial charge in [0, 0.05) is 26.2 Å². The van der Waals surface area contributed by atoms with Crippen molar-refractivity contribution in [2.24, 2.45) is 4.99 Å². The van der Waals surface area contributed by atoms with E-state index in [0.29, 0.717) is 12.6 Å². The summed E-state index contributed by atoms with van der Waals surface area (Å²) in [5, 5.41) is 9.20. The Morgan fingerprint density at radius 1 is 1.24 bits per heavy atom. The van der Waals surface area contributed by atoms with E-state index in [2.05, 4.69) is 34.8 Å². The molecule has 0 aliphatic carbocycles. The summed E-state index contributed by atoms with van der Waals surface area (Å²) in [6.45, 7) is 11.1. The van der Waals surface area contributed by atoms with Crippen molar-refractivity contribution < 1.29 is 9.53 Å². The summed E-state index contributed by atoms with van der Waals surface area (Å²) in [4.78, 5) is 15.5. The van der Waals surface area contributed by atoms with Crippen molar-refractivity contribution in [3.05, 3.63) is 0 Å². The van der Waals surface area contributed by atoms with Crippen LogP contribution in [0.4, 0.5) is 4.79 Å². The van der Waals surface area contributed by atoms with E-state index in [1.54, 1.807) is 7.05 Å². The number of rotatable bonds is 6. The first-order chi connectivity index (χ1) is 9.28. The lowest BCUT2D eigenvalue weighted by Crippen LogP contribution is -2.43. The predicted octanol–water partition coefficient (Wildman–Crippen LogP) is 2.48. The van der Waals surface area contributed by atoms with Crippen molar-refractivity contribution in [3.8, 4) is 0 Å². The fraction of sp³-hybridized carbons (Fsp3) is 0.857. The summed E-state index contributed by atoms with van der Waals surface area (Å²) < 4.78 is 5.15. The molecule has 0 spiro atoms. The van der Waals surface area contributed by atoms with Crippen LogP contribution in [0.1, 0.15) is 47.5 Å². The van der Waals surface area contributed by atoms with Crippen molar-refractivity contribution >= 4 is 36.0 Å². The first-order valence-corrected chi connectivity index (χ1v) is 7.22. The van der Waals surface area contributed by atoms with Gasteiger partial charge in [-0.1, -0.05) is 6.92 Å². The summed E-state index contributed by atoms with van der Waals surface area (Å²) in [6.07, 6.45) is 1.47. The maximum atomic E-state index is 11.4. The molecule has 0 saturated heterocycles. The topological polar surface area (TPSA) is 74.8 Å². The van der Waals surface area contributed by atoms with E-state index in [9.17, 15) is 4.79 Å². The molecule has 0 aliphatic heterocycles. The van der Waals surface area contributed by atoms with Crippen LogP contribution in [0.15, 0.2) is 4.99 Å². The Balaban J connectivity index is 0. The molecular weight excluding hydrogens is 383 g/mol. The van der Waals surface area contributed by atoms with Crippen molar-refractivity contribution in [2.45, 2.75) is 59.1 Å². The Bertz CT molecular complexity index is 317. The van der Waals surface area contributed by atoms with Crippen LogP contribution in [-0.4, -0.2) is 43.8 Å². The largest absolute Gasteiger partial charge is 0.444 e. The second-order valence-corrected chi connectivity index (χ2v) is 5.73. The normalized spacial score (nSPS) is 13.0. The number of ether oxygens (including phenoxy) is 1. The van der Waals surface area contributed by atoms with Gasteiger partial charge in [-0.25, -0.2) is 4.79 Å². The first-order valence-electron chi connectivity index (χ1n) is 7.22. The van der Waals surface area contributed by atoms with Gasteiger partial charge in [-0.2, -0.15) is 0 Å². The zero-order chi connectivity index (χ0) is 15.6. The second kappa shape index (κ2) is 11.9. The van der Waals surface area contributed by atoms with Gasteiger partial charge in [0.1, 0.15) is 5.60 Å². The molecule has 1 unspecified atom stereocenters. The van der Waals surface area contributed by atoms with Crippen LogP contribution in [0.3, 0.4) is 0 Å². The molecule has 0 aromatic carbocycles. The van der Waals surface area contributed by atoms with Gasteiger partial charge in [-0.3, -0.25) is 4.99 Å². The first kappa shape index (κ1) is 22.5. The maximum absolute atomic E-state index is 11.4. The highest BCUT2D eigenvalue weighted by molar-refractivity contribution is 14.0. The van der Waals surface area contributed by atoms with Crippen LogP contribution in [0.25, 0.3) is 0 Å². The SMILES string of the molecule is CCC(C)NC(=NC)NCCCNC(=O)OC(C)(C)C.I. The molecular formula is C14H31IN4O2. The van der Waals surface area contributed by atoms with Gasteiger partial charge in [0.15, 0.2) is 5.96 Å². The summed E-state index contributed by atoms with van der Waals surface area (Å²) in [5.41, 5.74) is -0.454. The maximum Gasteiger partial charge on any atom is 0.407 e. The Labute approximate surface area is 145 Å². The number of hydrogen-bond donors (Lipinski definition) is 3. The van der Waals surface area contributed by atoms with Crippen LogP contribution in [0.5, 0.6) is 0 Å². The summed E-state index contributed by atoms with van der Waals surface area (Å²) in [5.74, 6) is 0.789. The van der Waals surface area contributed by atoms with Crippen LogP contribution in [-0.2, 0) is 4.74 Å². The summed E-state index contributed by atoms with van der Waals surface area (Å²) in [7, 11) is 1.75. The van der Waals surface area contributed by atoms with Gasteiger partial charge in [-0.05, 0) is 40.5 Å². The standard InChI is InChI=1S/C14H30N4O2.HI/c1-7-11(2)18-12(15-6)16-9-8-10-17-13(19)20-14(3,4)5;/h11H,7-10H2,1-6H3,(H,17,19)(H2,15,16,18);1H. The predicted molar refractivity (Wildman–Crippen MR) is 98.5 cm³/mol. The van der Waals surface area contributed by atoms with Gasteiger partial charge < -0.3 is 20.7 Å². The number of carbonyl (C=O) groups is 1. The van der Waals surface area contributed by atoms with Gasteiger partial charge >= 0.3 is 6.09 Å². The number of aliphatic imine (C=N–C) groups is 1. The van der Waals surface area contributed by atoms with Crippen molar-refractivity contribution in [3.63, 3.8) is 0 Å². The molecule has 0 rings (SSSR count). The molecule has 0 bridgehead atoms. The molecule has 21 heavy (non-hydrogen) atoms. The minimum Gasteiger partial charge on any atom is -0.444 e. The van der Waals surface area contributed by atoms with Crippen LogP contribution in [0, 0.1) is 0 Å². The minimum atomic E-state index is -0.454. The Morgan fingerprint density at radius 3 is 2.29 bits per heavy atom. The van der Waals surface area contributed by atoms with E-state index in [1.807, 2.05) is 20.8 Å². The van der Waals surface area contributed by atoms with E-state index in [0.717, 1.165) is 25.3 Å². The molecule has 0 aromatic rings. The number of nitrogens with zero attached hydrogens (tertiary/aromatic N) is 1. The second-order valence-electron chi connectivity index (χ2n) is 5.73. The van der Waals surface area contributed by atoms with E-state index in [4.69, 9.17) is 4.74 Å². The molecule has 0 aliphatic rings. The Morgan fingerprint density at radius 2 is 1.81 bits per heavy atom. The average Bonchev–Trinajstić information content (AvgIpc) is 2.34. The van der Waals surface area contributed by atoms with Gasteiger partial charge in [0.2, 0.25) is 0 Å². The van der Waals surface area contributed by atoms with Crippen molar-refractivity contribution in [1.29, 1.82) is 0 Å². The van der Waals surface area contributed by atoms with Crippen molar-refractivity contribution in [1.82, 2.24) is 16.0 Å². The molecule has 1 amide bonds. The summed E-state index contributed by atoms with van der Waals surface area (Å²) in [6, 6.07) is 0.390. The zero-order valence-electron chi connectivity index (χ0n) is 14.1. The molecule has 0 heterocycles. The number of carbonyl (C=O) groups excluding carboxylic acids is 1. The van der Waals surface area contributed by atoms with E-state index in [-0.39, 0.29) is 30.1 Å². The van der Waals surface area contributed by atoms with Gasteiger partial charge in [0.25, 0.3) is 0 Å². The third-order valence-electron chi connectivity index (χ3n) is 2.53. The molecule has 0 radical (unpaired) electrons. The molecule has 0 aromatic heterocycles. The van der Waals surface area contributed by atoms with Crippen LogP contribution < -0.4 is 16.0 Å². The van der Waals surface area contributed by atoms with E-state index >= 15 is 0 Å².